The first-order chi connectivity index (χ1) is 12.6. The molecule has 142 valence electrons. The van der Waals surface area contributed by atoms with Crippen LogP contribution < -0.4 is 5.32 Å². The summed E-state index contributed by atoms with van der Waals surface area (Å²) in [5.74, 6) is 0.259. The highest BCUT2D eigenvalue weighted by Gasteiger charge is 2.33. The van der Waals surface area contributed by atoms with Crippen LogP contribution in [0.25, 0.3) is 0 Å². The van der Waals surface area contributed by atoms with Gasteiger partial charge in [-0.2, -0.15) is 0 Å². The second kappa shape index (κ2) is 9.17. The molecule has 26 heavy (non-hydrogen) atoms. The van der Waals surface area contributed by atoms with E-state index in [1.165, 1.54) is 5.56 Å². The lowest BCUT2D eigenvalue weighted by atomic mass is 9.85. The molecule has 0 radical (unpaired) electrons. The number of hydrogen-bond donors (Lipinski definition) is 2. The van der Waals surface area contributed by atoms with Gasteiger partial charge < -0.3 is 15.3 Å². The van der Waals surface area contributed by atoms with Crippen molar-refractivity contribution in [3.8, 4) is 0 Å². The maximum absolute atomic E-state index is 12.6. The normalized spacial score (nSPS) is 24.3. The van der Waals surface area contributed by atoms with Gasteiger partial charge in [0.2, 0.25) is 11.8 Å². The summed E-state index contributed by atoms with van der Waals surface area (Å²) < 4.78 is 0. The lowest BCUT2D eigenvalue weighted by Gasteiger charge is -2.35. The number of carbonyl (C=O) groups is 2. The topological polar surface area (TPSA) is 69.6 Å². The largest absolute Gasteiger partial charge is 0.393 e. The van der Waals surface area contributed by atoms with Crippen LogP contribution in [-0.4, -0.2) is 47.6 Å². The Morgan fingerprint density at radius 2 is 1.77 bits per heavy atom. The maximum atomic E-state index is 12.6. The van der Waals surface area contributed by atoms with Crippen molar-refractivity contribution in [2.24, 2.45) is 11.8 Å². The van der Waals surface area contributed by atoms with E-state index in [2.05, 4.69) is 17.4 Å². The van der Waals surface area contributed by atoms with Crippen LogP contribution in [0.2, 0.25) is 0 Å². The Morgan fingerprint density at radius 1 is 1.04 bits per heavy atom. The fourth-order valence-electron chi connectivity index (χ4n) is 4.13. The Kier molecular flexibility index (Phi) is 6.67. The molecular weight excluding hydrogens is 328 g/mol. The van der Waals surface area contributed by atoms with E-state index in [0.717, 1.165) is 38.5 Å². The first kappa shape index (κ1) is 18.9. The summed E-state index contributed by atoms with van der Waals surface area (Å²) in [5, 5.41) is 12.8. The SMILES string of the molecule is O=C(NCCc1ccccc1)C1CCN(C(=O)[C@H]2CCC[C@@H](O)C2)CC1. The van der Waals surface area contributed by atoms with Crippen LogP contribution in [0.15, 0.2) is 30.3 Å². The van der Waals surface area contributed by atoms with E-state index < -0.39 is 0 Å². The van der Waals surface area contributed by atoms with Crippen molar-refractivity contribution in [3.05, 3.63) is 35.9 Å². The third-order valence-corrected chi connectivity index (χ3v) is 5.73. The molecule has 3 rings (SSSR count). The number of piperidine rings is 1. The second-order valence-electron chi connectivity index (χ2n) is 7.64. The Bertz CT molecular complexity index is 597. The van der Waals surface area contributed by atoms with Crippen LogP contribution in [0.3, 0.4) is 0 Å². The third kappa shape index (κ3) is 5.07. The average molecular weight is 358 g/mol. The fraction of sp³-hybridized carbons (Fsp3) is 0.619. The van der Waals surface area contributed by atoms with Gasteiger partial charge in [0.15, 0.2) is 0 Å². The first-order valence-corrected chi connectivity index (χ1v) is 9.92. The van der Waals surface area contributed by atoms with Crippen LogP contribution in [-0.2, 0) is 16.0 Å². The lowest BCUT2D eigenvalue weighted by Crippen LogP contribution is -2.46. The van der Waals surface area contributed by atoms with Crippen LogP contribution in [0, 0.1) is 11.8 Å². The van der Waals surface area contributed by atoms with Crippen molar-refractivity contribution in [2.45, 2.75) is 51.0 Å². The van der Waals surface area contributed by atoms with Crippen molar-refractivity contribution >= 4 is 11.8 Å². The summed E-state index contributed by atoms with van der Waals surface area (Å²) in [4.78, 5) is 26.9. The molecule has 2 N–H and O–H groups in total. The van der Waals surface area contributed by atoms with Crippen LogP contribution in [0.5, 0.6) is 0 Å². The molecule has 1 saturated carbocycles. The number of aliphatic hydroxyl groups excluding tert-OH is 1. The number of benzene rings is 1. The van der Waals surface area contributed by atoms with Gasteiger partial charge in [-0.05, 0) is 44.1 Å². The summed E-state index contributed by atoms with van der Waals surface area (Å²) in [7, 11) is 0. The van der Waals surface area contributed by atoms with Gasteiger partial charge in [0.05, 0.1) is 6.10 Å². The van der Waals surface area contributed by atoms with E-state index in [0.29, 0.717) is 26.1 Å². The molecular formula is C21H30N2O3. The molecule has 5 nitrogen and oxygen atoms in total. The summed E-state index contributed by atoms with van der Waals surface area (Å²) in [6, 6.07) is 10.1. The highest BCUT2D eigenvalue weighted by molar-refractivity contribution is 5.81. The number of aliphatic hydroxyl groups is 1. The number of amides is 2. The van der Waals surface area contributed by atoms with Gasteiger partial charge in [-0.15, -0.1) is 0 Å². The highest BCUT2D eigenvalue weighted by atomic mass is 16.3. The van der Waals surface area contributed by atoms with Crippen molar-refractivity contribution in [1.29, 1.82) is 0 Å². The molecule has 1 saturated heterocycles. The molecule has 0 aromatic heterocycles. The molecule has 2 amide bonds. The van der Waals surface area contributed by atoms with E-state index in [-0.39, 0.29) is 29.8 Å². The monoisotopic (exact) mass is 358 g/mol. The Hall–Kier alpha value is -1.88. The molecule has 1 heterocycles. The van der Waals surface area contributed by atoms with Crippen molar-refractivity contribution in [2.75, 3.05) is 19.6 Å². The van der Waals surface area contributed by atoms with E-state index in [1.807, 2.05) is 23.1 Å². The fourth-order valence-corrected chi connectivity index (χ4v) is 4.13. The minimum absolute atomic E-state index is 0.00627. The number of nitrogens with zero attached hydrogens (tertiary/aromatic N) is 1. The first-order valence-electron chi connectivity index (χ1n) is 9.92. The molecule has 0 spiro atoms. The smallest absolute Gasteiger partial charge is 0.225 e. The minimum Gasteiger partial charge on any atom is -0.393 e. The quantitative estimate of drug-likeness (QED) is 0.847. The molecule has 1 aromatic rings. The molecule has 2 aliphatic rings. The van der Waals surface area contributed by atoms with Gasteiger partial charge >= 0.3 is 0 Å². The van der Waals surface area contributed by atoms with Crippen molar-refractivity contribution in [1.82, 2.24) is 10.2 Å². The Balaban J connectivity index is 1.38. The lowest BCUT2D eigenvalue weighted by molar-refractivity contribution is -0.141. The number of hydrogen-bond acceptors (Lipinski definition) is 3. The molecule has 1 aliphatic carbocycles. The van der Waals surface area contributed by atoms with Gasteiger partial charge in [-0.3, -0.25) is 9.59 Å². The molecule has 0 unspecified atom stereocenters. The van der Waals surface area contributed by atoms with Crippen molar-refractivity contribution < 1.29 is 14.7 Å². The summed E-state index contributed by atoms with van der Waals surface area (Å²) >= 11 is 0. The van der Waals surface area contributed by atoms with E-state index in [4.69, 9.17) is 0 Å². The van der Waals surface area contributed by atoms with Gasteiger partial charge in [0.1, 0.15) is 0 Å². The second-order valence-corrected chi connectivity index (χ2v) is 7.64. The highest BCUT2D eigenvalue weighted by Crippen LogP contribution is 2.28. The molecule has 2 fully saturated rings. The predicted molar refractivity (Wildman–Crippen MR) is 100 cm³/mol. The number of rotatable bonds is 5. The summed E-state index contributed by atoms with van der Waals surface area (Å²) in [6.45, 7) is 1.96. The predicted octanol–water partition coefficient (Wildman–Crippen LogP) is 2.13. The van der Waals surface area contributed by atoms with Gasteiger partial charge in [-0.25, -0.2) is 0 Å². The summed E-state index contributed by atoms with van der Waals surface area (Å²) in [5.41, 5.74) is 1.22. The minimum atomic E-state index is -0.328. The number of carbonyl (C=O) groups excluding carboxylic acids is 2. The maximum Gasteiger partial charge on any atom is 0.225 e. The summed E-state index contributed by atoms with van der Waals surface area (Å²) in [6.07, 6.45) is 5.21. The van der Waals surface area contributed by atoms with E-state index in [1.54, 1.807) is 0 Å². The zero-order valence-corrected chi connectivity index (χ0v) is 15.4. The molecule has 0 bridgehead atoms. The van der Waals surface area contributed by atoms with E-state index >= 15 is 0 Å². The van der Waals surface area contributed by atoms with Gasteiger partial charge in [-0.1, -0.05) is 36.8 Å². The number of likely N-dealkylation sites (tertiary alicyclic amines) is 1. The van der Waals surface area contributed by atoms with Gasteiger partial charge in [0.25, 0.3) is 0 Å². The molecule has 5 heteroatoms. The van der Waals surface area contributed by atoms with Crippen LogP contribution in [0.4, 0.5) is 0 Å². The van der Waals surface area contributed by atoms with E-state index in [9.17, 15) is 14.7 Å². The molecule has 2 atom stereocenters. The van der Waals surface area contributed by atoms with Crippen LogP contribution in [0.1, 0.15) is 44.1 Å². The molecule has 1 aromatic carbocycles. The van der Waals surface area contributed by atoms with Crippen molar-refractivity contribution in [3.63, 3.8) is 0 Å². The average Bonchev–Trinajstić information content (AvgIpc) is 2.68. The third-order valence-electron chi connectivity index (χ3n) is 5.73. The van der Waals surface area contributed by atoms with Crippen LogP contribution >= 0.6 is 0 Å². The Labute approximate surface area is 155 Å². The zero-order chi connectivity index (χ0) is 18.4. The van der Waals surface area contributed by atoms with Gasteiger partial charge in [0, 0.05) is 31.5 Å². The Morgan fingerprint density at radius 3 is 2.46 bits per heavy atom. The number of nitrogens with one attached hydrogen (secondary N) is 1. The standard InChI is InChI=1S/C21H30N2O3/c24-19-8-4-7-18(15-19)21(26)23-13-10-17(11-14-23)20(25)22-12-9-16-5-2-1-3-6-16/h1-3,5-6,17-19,24H,4,7-15H2,(H,22,25)/t18-,19+/m0/s1. The molecule has 1 aliphatic heterocycles. The zero-order valence-electron chi connectivity index (χ0n) is 15.4.